The largest absolute Gasteiger partial charge is 0.459 e. The van der Waals surface area contributed by atoms with Gasteiger partial charge in [0.2, 0.25) is 0 Å². The van der Waals surface area contributed by atoms with Crippen LogP contribution in [-0.4, -0.2) is 208 Å². The molecule has 6 N–H and O–H groups in total. The summed E-state index contributed by atoms with van der Waals surface area (Å²) in [5.41, 5.74) is -1.19. The third kappa shape index (κ3) is 13.9. The molecule has 21 heteroatoms. The van der Waals surface area contributed by atoms with E-state index in [-0.39, 0.29) is 37.9 Å². The standard InChI is InChI=1S/C52H86N8O13/c1-14-41-52(10,67)45(63)34(6)58(12)26-30(2)24-50(8,66)47(32(4)44(33(5)48(65)71-41)72-42-25-51(9,68-13)46(64)35(7)70-42)73-49-43(62)40(23-31(3)69-49)57(11)21-19-37-28-59(55-53-37)27-36-15-17-39(18-16-36)60-29-38(20-22-61)54-56-60/h15-18,28-35,40-47,49,61-64,66-67H,14,19-27H2,1-13H3/t30-,31-,32+,33-,34-,35+,40+,41-,42+,43-,44+,45-,46+,47-,49+,50-,51-,52-/m1/s1. The molecule has 6 rings (SSSR count). The Morgan fingerprint density at radius 1 is 0.890 bits per heavy atom. The minimum atomic E-state index is -1.84. The fourth-order valence-electron chi connectivity index (χ4n) is 11.2. The molecule has 18 atom stereocenters. The number of carbonyl (C=O) groups is 1. The Morgan fingerprint density at radius 2 is 1.56 bits per heavy atom. The van der Waals surface area contributed by atoms with Crippen LogP contribution >= 0.6 is 0 Å². The minimum Gasteiger partial charge on any atom is -0.459 e. The number of nitrogens with zero attached hydrogens (tertiary/aromatic N) is 8. The number of hydrogen-bond donors (Lipinski definition) is 6. The van der Waals surface area contributed by atoms with E-state index in [1.165, 1.54) is 14.0 Å². The van der Waals surface area contributed by atoms with E-state index < -0.39 is 102 Å². The highest BCUT2D eigenvalue weighted by Gasteiger charge is 2.53. The Hall–Kier alpha value is -3.55. The third-order valence-corrected chi connectivity index (χ3v) is 15.9. The van der Waals surface area contributed by atoms with Gasteiger partial charge in [-0.2, -0.15) is 0 Å². The van der Waals surface area contributed by atoms with E-state index in [0.717, 1.165) is 16.9 Å². The predicted molar refractivity (Wildman–Crippen MR) is 268 cm³/mol. The predicted octanol–water partition coefficient (Wildman–Crippen LogP) is 2.27. The van der Waals surface area contributed by atoms with Crippen LogP contribution in [-0.2, 0) is 52.6 Å². The lowest BCUT2D eigenvalue weighted by Crippen LogP contribution is -2.61. The van der Waals surface area contributed by atoms with Crippen molar-refractivity contribution in [3.63, 3.8) is 0 Å². The van der Waals surface area contributed by atoms with Gasteiger partial charge in [0, 0.05) is 70.3 Å². The number of benzene rings is 1. The molecule has 21 nitrogen and oxygen atoms in total. The zero-order chi connectivity index (χ0) is 53.7. The summed E-state index contributed by atoms with van der Waals surface area (Å²) in [4.78, 5) is 18.5. The van der Waals surface area contributed by atoms with Gasteiger partial charge in [0.25, 0.3) is 0 Å². The van der Waals surface area contributed by atoms with E-state index in [4.69, 9.17) is 28.4 Å². The van der Waals surface area contributed by atoms with Gasteiger partial charge in [-0.15, -0.1) is 10.2 Å². The fourth-order valence-corrected chi connectivity index (χ4v) is 11.2. The van der Waals surface area contributed by atoms with Gasteiger partial charge < -0.3 is 68.9 Å². The molecule has 0 aliphatic carbocycles. The van der Waals surface area contributed by atoms with Crippen LogP contribution in [0.2, 0.25) is 0 Å². The second kappa shape index (κ2) is 24.6. The van der Waals surface area contributed by atoms with Gasteiger partial charge in [-0.25, -0.2) is 9.36 Å². The van der Waals surface area contributed by atoms with Crippen LogP contribution in [0.5, 0.6) is 0 Å². The Bertz CT molecular complexity index is 2200. The highest BCUT2D eigenvalue weighted by molar-refractivity contribution is 5.73. The van der Waals surface area contributed by atoms with E-state index in [2.05, 4.69) is 25.5 Å². The molecule has 0 bridgehead atoms. The first-order valence-corrected chi connectivity index (χ1v) is 26.1. The summed E-state index contributed by atoms with van der Waals surface area (Å²) in [6.45, 7) is 19.0. The Kier molecular flexibility index (Phi) is 19.8. The van der Waals surface area contributed by atoms with Gasteiger partial charge >= 0.3 is 5.97 Å². The average Bonchev–Trinajstić information content (AvgIpc) is 4.01. The molecule has 0 saturated carbocycles. The number of hydrogen-bond acceptors (Lipinski definition) is 19. The molecule has 0 unspecified atom stereocenters. The lowest BCUT2D eigenvalue weighted by Gasteiger charge is -2.49. The average molecular weight is 1030 g/mol. The van der Waals surface area contributed by atoms with Crippen LogP contribution in [0.1, 0.15) is 112 Å². The molecule has 0 amide bonds. The molecule has 3 saturated heterocycles. The van der Waals surface area contributed by atoms with Crippen LogP contribution < -0.4 is 0 Å². The highest BCUT2D eigenvalue weighted by atomic mass is 16.7. The monoisotopic (exact) mass is 1030 g/mol. The van der Waals surface area contributed by atoms with Crippen molar-refractivity contribution in [2.75, 3.05) is 40.9 Å². The molecule has 3 aliphatic rings. The van der Waals surface area contributed by atoms with Crippen LogP contribution in [0.25, 0.3) is 5.69 Å². The van der Waals surface area contributed by atoms with Gasteiger partial charge in [-0.3, -0.25) is 4.79 Å². The lowest BCUT2D eigenvalue weighted by atomic mass is 9.77. The summed E-state index contributed by atoms with van der Waals surface area (Å²) in [5.74, 6) is -2.79. The molecular formula is C52H86N8O13. The number of esters is 1. The van der Waals surface area contributed by atoms with Crippen molar-refractivity contribution < 1.29 is 63.9 Å². The Morgan fingerprint density at radius 3 is 2.22 bits per heavy atom. The molecule has 73 heavy (non-hydrogen) atoms. The van der Waals surface area contributed by atoms with Crippen molar-refractivity contribution in [1.82, 2.24) is 39.8 Å². The molecule has 0 spiro atoms. The van der Waals surface area contributed by atoms with E-state index in [1.54, 1.807) is 57.1 Å². The zero-order valence-corrected chi connectivity index (χ0v) is 45.3. The van der Waals surface area contributed by atoms with Crippen molar-refractivity contribution in [1.29, 1.82) is 0 Å². The summed E-state index contributed by atoms with van der Waals surface area (Å²) >= 11 is 0. The number of aliphatic hydroxyl groups is 6. The molecule has 2 aromatic heterocycles. The van der Waals surface area contributed by atoms with Crippen LogP contribution in [0.15, 0.2) is 36.7 Å². The minimum absolute atomic E-state index is 0.00615. The maximum atomic E-state index is 14.5. The maximum absolute atomic E-state index is 14.5. The van der Waals surface area contributed by atoms with Gasteiger partial charge in [0.15, 0.2) is 12.6 Å². The van der Waals surface area contributed by atoms with Crippen molar-refractivity contribution >= 4 is 5.97 Å². The lowest BCUT2D eigenvalue weighted by molar-refractivity contribution is -0.318. The van der Waals surface area contributed by atoms with Gasteiger partial charge in [0.1, 0.15) is 30.0 Å². The fraction of sp³-hybridized carbons (Fsp3) is 0.788. The van der Waals surface area contributed by atoms with Crippen LogP contribution in [0, 0.1) is 17.8 Å². The van der Waals surface area contributed by atoms with E-state index >= 15 is 0 Å². The zero-order valence-electron chi connectivity index (χ0n) is 45.3. The quantitative estimate of drug-likeness (QED) is 0.119. The number of carbonyl (C=O) groups excluding carboxylic acids is 1. The first-order chi connectivity index (χ1) is 34.3. The van der Waals surface area contributed by atoms with Crippen molar-refractivity contribution in [3.05, 3.63) is 53.6 Å². The smallest absolute Gasteiger partial charge is 0.311 e. The molecule has 3 aromatic rings. The van der Waals surface area contributed by atoms with Crippen molar-refractivity contribution in [3.8, 4) is 5.69 Å². The highest BCUT2D eigenvalue weighted by Crippen LogP contribution is 2.40. The molecule has 412 valence electrons. The second-order valence-corrected chi connectivity index (χ2v) is 22.1. The number of methoxy groups -OCH3 is 1. The SMILES string of the molecule is CC[C@H]1OC(=O)[C@H](C)[C@@H](O[C@H]2C[C@@](C)(OC)[C@@H](O)[C@H](C)O2)[C@H](C)[C@@H](O[C@@H]2O[C@H](C)C[C@H](N(C)CCc3cn(Cc4ccc(-n5cc(CCO)nn5)cc4)nn3)[C@H]2O)[C@](C)(O)C[C@@H](C)CN(C)[C@H](C)[C@@H](O)[C@]1(C)O. The van der Waals surface area contributed by atoms with E-state index in [9.17, 15) is 35.4 Å². The normalized spacial score (nSPS) is 38.7. The van der Waals surface area contributed by atoms with E-state index in [0.29, 0.717) is 44.6 Å². The summed E-state index contributed by atoms with van der Waals surface area (Å²) < 4.78 is 41.8. The topological polar surface area (TPSA) is 262 Å². The molecule has 0 radical (unpaired) electrons. The summed E-state index contributed by atoms with van der Waals surface area (Å²) in [7, 11) is 5.28. The van der Waals surface area contributed by atoms with Crippen LogP contribution in [0.3, 0.4) is 0 Å². The van der Waals surface area contributed by atoms with Crippen molar-refractivity contribution in [2.45, 2.75) is 205 Å². The molecule has 5 heterocycles. The summed E-state index contributed by atoms with van der Waals surface area (Å²) in [5, 5.41) is 86.0. The summed E-state index contributed by atoms with van der Waals surface area (Å²) in [6, 6.07) is 6.88. The van der Waals surface area contributed by atoms with Gasteiger partial charge in [-0.05, 0) is 105 Å². The Labute approximate surface area is 431 Å². The first-order valence-electron chi connectivity index (χ1n) is 26.1. The number of ether oxygens (including phenoxy) is 6. The first kappa shape index (κ1) is 58.7. The van der Waals surface area contributed by atoms with Gasteiger partial charge in [0.05, 0.1) is 71.4 Å². The van der Waals surface area contributed by atoms with Crippen molar-refractivity contribution in [2.24, 2.45) is 17.8 Å². The molecular weight excluding hydrogens is 945 g/mol. The third-order valence-electron chi connectivity index (χ3n) is 15.9. The van der Waals surface area contributed by atoms with Gasteiger partial charge in [-0.1, -0.05) is 43.3 Å². The number of rotatable bonds is 15. The molecule has 3 aliphatic heterocycles. The number of likely N-dealkylation sites (N-methyl/N-ethyl adjacent to an activating group) is 2. The summed E-state index contributed by atoms with van der Waals surface area (Å²) in [6.07, 6.45) is -4.41. The number of aliphatic hydroxyl groups excluding tert-OH is 4. The number of cyclic esters (lactones) is 1. The molecule has 1 aromatic carbocycles. The van der Waals surface area contributed by atoms with Crippen LogP contribution in [0.4, 0.5) is 0 Å². The Balaban J connectivity index is 1.23. The second-order valence-electron chi connectivity index (χ2n) is 22.1. The maximum Gasteiger partial charge on any atom is 0.311 e. The molecule has 3 fully saturated rings. The van der Waals surface area contributed by atoms with E-state index in [1.807, 2.05) is 70.2 Å². The number of aromatic nitrogens is 6.